The molecular weight excluding hydrogens is 246 g/mol. The lowest BCUT2D eigenvalue weighted by molar-refractivity contribution is 0.126. The lowest BCUT2D eigenvalue weighted by atomic mass is 9.75. The minimum Gasteiger partial charge on any atom is -0.493 e. The standard InChI is InChI=1S/C18H21NO/c1-14-6-8-15(9-7-14)10-18(12-19)11-16-4-2-3-5-17(16)20-13-18/h2-9H,10-13,19H2,1H3. The molecule has 104 valence electrons. The van der Waals surface area contributed by atoms with Crippen LogP contribution in [-0.2, 0) is 12.8 Å². The Morgan fingerprint density at radius 3 is 2.60 bits per heavy atom. The topological polar surface area (TPSA) is 35.2 Å². The Bertz CT molecular complexity index is 591. The Kier molecular flexibility index (Phi) is 3.49. The van der Waals surface area contributed by atoms with Crippen LogP contribution in [0, 0.1) is 12.3 Å². The van der Waals surface area contributed by atoms with Crippen molar-refractivity contribution >= 4 is 0 Å². The van der Waals surface area contributed by atoms with E-state index in [9.17, 15) is 0 Å². The van der Waals surface area contributed by atoms with Crippen LogP contribution < -0.4 is 10.5 Å². The molecule has 1 aliphatic rings. The number of benzene rings is 2. The van der Waals surface area contributed by atoms with Gasteiger partial charge in [-0.15, -0.1) is 0 Å². The van der Waals surface area contributed by atoms with Crippen molar-refractivity contribution in [2.75, 3.05) is 13.2 Å². The molecule has 20 heavy (non-hydrogen) atoms. The van der Waals surface area contributed by atoms with Crippen molar-refractivity contribution in [2.45, 2.75) is 19.8 Å². The summed E-state index contributed by atoms with van der Waals surface area (Å²) in [5, 5.41) is 0. The highest BCUT2D eigenvalue weighted by Crippen LogP contribution is 2.36. The fraction of sp³-hybridized carbons (Fsp3) is 0.333. The van der Waals surface area contributed by atoms with Crippen LogP contribution in [-0.4, -0.2) is 13.2 Å². The van der Waals surface area contributed by atoms with Gasteiger partial charge in [-0.2, -0.15) is 0 Å². The number of rotatable bonds is 3. The highest BCUT2D eigenvalue weighted by Gasteiger charge is 2.34. The summed E-state index contributed by atoms with van der Waals surface area (Å²) in [6.07, 6.45) is 1.96. The Labute approximate surface area is 120 Å². The van der Waals surface area contributed by atoms with Crippen LogP contribution in [0.25, 0.3) is 0 Å². The van der Waals surface area contributed by atoms with Crippen molar-refractivity contribution in [2.24, 2.45) is 11.1 Å². The van der Waals surface area contributed by atoms with E-state index in [0.29, 0.717) is 13.2 Å². The van der Waals surface area contributed by atoms with Crippen LogP contribution in [0.15, 0.2) is 48.5 Å². The molecule has 1 atom stereocenters. The van der Waals surface area contributed by atoms with E-state index in [0.717, 1.165) is 18.6 Å². The third-order valence-electron chi connectivity index (χ3n) is 4.20. The lowest BCUT2D eigenvalue weighted by Crippen LogP contribution is -2.43. The maximum Gasteiger partial charge on any atom is 0.122 e. The van der Waals surface area contributed by atoms with Gasteiger partial charge in [0.2, 0.25) is 0 Å². The van der Waals surface area contributed by atoms with Crippen LogP contribution in [0.5, 0.6) is 5.75 Å². The zero-order chi connectivity index (χ0) is 14.0. The summed E-state index contributed by atoms with van der Waals surface area (Å²) in [5.41, 5.74) is 10.0. The molecule has 2 heteroatoms. The van der Waals surface area contributed by atoms with Crippen molar-refractivity contribution in [3.63, 3.8) is 0 Å². The third kappa shape index (κ3) is 2.56. The van der Waals surface area contributed by atoms with E-state index in [2.05, 4.69) is 43.3 Å². The second-order valence-corrected chi connectivity index (χ2v) is 5.94. The molecular formula is C18H21NO. The zero-order valence-corrected chi connectivity index (χ0v) is 11.9. The van der Waals surface area contributed by atoms with Crippen molar-refractivity contribution in [1.29, 1.82) is 0 Å². The van der Waals surface area contributed by atoms with E-state index in [1.54, 1.807) is 0 Å². The molecule has 2 nitrogen and oxygen atoms in total. The Hall–Kier alpha value is -1.80. The number of ether oxygens (including phenoxy) is 1. The SMILES string of the molecule is Cc1ccc(CC2(CN)COc3ccccc3C2)cc1. The monoisotopic (exact) mass is 267 g/mol. The molecule has 0 saturated carbocycles. The summed E-state index contributed by atoms with van der Waals surface area (Å²) in [7, 11) is 0. The van der Waals surface area contributed by atoms with Gasteiger partial charge in [-0.1, -0.05) is 48.0 Å². The fourth-order valence-corrected chi connectivity index (χ4v) is 2.93. The summed E-state index contributed by atoms with van der Waals surface area (Å²) in [6, 6.07) is 17.0. The van der Waals surface area contributed by atoms with Gasteiger partial charge in [0.05, 0.1) is 6.61 Å². The predicted octanol–water partition coefficient (Wildman–Crippen LogP) is 3.12. The molecule has 2 N–H and O–H groups in total. The highest BCUT2D eigenvalue weighted by molar-refractivity contribution is 5.37. The summed E-state index contributed by atoms with van der Waals surface area (Å²) >= 11 is 0. The highest BCUT2D eigenvalue weighted by atomic mass is 16.5. The van der Waals surface area contributed by atoms with E-state index in [1.165, 1.54) is 16.7 Å². The number of nitrogens with two attached hydrogens (primary N) is 1. The summed E-state index contributed by atoms with van der Waals surface area (Å²) in [5.74, 6) is 1.01. The van der Waals surface area contributed by atoms with Crippen LogP contribution in [0.1, 0.15) is 16.7 Å². The first kappa shape index (κ1) is 13.2. The molecule has 2 aromatic carbocycles. The Morgan fingerprint density at radius 1 is 1.10 bits per heavy atom. The molecule has 0 spiro atoms. The lowest BCUT2D eigenvalue weighted by Gasteiger charge is -2.37. The number of para-hydroxylation sites is 1. The van der Waals surface area contributed by atoms with E-state index in [4.69, 9.17) is 10.5 Å². The van der Waals surface area contributed by atoms with Gasteiger partial charge in [-0.25, -0.2) is 0 Å². The normalized spacial score (nSPS) is 21.1. The minimum absolute atomic E-state index is 0.0175. The second-order valence-electron chi connectivity index (χ2n) is 5.94. The zero-order valence-electron chi connectivity index (χ0n) is 11.9. The number of aryl methyl sites for hydroxylation is 1. The molecule has 0 amide bonds. The van der Waals surface area contributed by atoms with Crippen LogP contribution in [0.4, 0.5) is 0 Å². The van der Waals surface area contributed by atoms with Gasteiger partial charge in [0.1, 0.15) is 5.75 Å². The third-order valence-corrected chi connectivity index (χ3v) is 4.20. The molecule has 2 aromatic rings. The molecule has 3 rings (SSSR count). The van der Waals surface area contributed by atoms with Gasteiger partial charge in [-0.05, 0) is 37.0 Å². The molecule has 0 saturated heterocycles. The second kappa shape index (κ2) is 5.29. The van der Waals surface area contributed by atoms with Crippen LogP contribution in [0.3, 0.4) is 0 Å². The smallest absolute Gasteiger partial charge is 0.122 e. The quantitative estimate of drug-likeness (QED) is 0.927. The van der Waals surface area contributed by atoms with Crippen LogP contribution in [0.2, 0.25) is 0 Å². The van der Waals surface area contributed by atoms with Crippen molar-refractivity contribution in [3.05, 3.63) is 65.2 Å². The maximum absolute atomic E-state index is 6.09. The molecule has 0 aromatic heterocycles. The first-order chi connectivity index (χ1) is 9.71. The van der Waals surface area contributed by atoms with E-state index >= 15 is 0 Å². The number of hydrogen-bond donors (Lipinski definition) is 1. The van der Waals surface area contributed by atoms with Gasteiger partial charge < -0.3 is 10.5 Å². The van der Waals surface area contributed by atoms with Crippen molar-refractivity contribution in [3.8, 4) is 5.75 Å². The molecule has 0 bridgehead atoms. The summed E-state index contributed by atoms with van der Waals surface area (Å²) in [6.45, 7) is 3.46. The van der Waals surface area contributed by atoms with Gasteiger partial charge in [0, 0.05) is 12.0 Å². The first-order valence-electron chi connectivity index (χ1n) is 7.17. The molecule has 0 radical (unpaired) electrons. The van der Waals surface area contributed by atoms with Gasteiger partial charge in [0.15, 0.2) is 0 Å². The van der Waals surface area contributed by atoms with E-state index in [1.807, 2.05) is 12.1 Å². The average Bonchev–Trinajstić information content (AvgIpc) is 2.49. The van der Waals surface area contributed by atoms with E-state index in [-0.39, 0.29) is 5.41 Å². The van der Waals surface area contributed by atoms with Crippen LogP contribution >= 0.6 is 0 Å². The van der Waals surface area contributed by atoms with Gasteiger partial charge >= 0.3 is 0 Å². The largest absolute Gasteiger partial charge is 0.493 e. The molecule has 1 unspecified atom stereocenters. The summed E-state index contributed by atoms with van der Waals surface area (Å²) < 4.78 is 5.95. The van der Waals surface area contributed by atoms with Crippen molar-refractivity contribution in [1.82, 2.24) is 0 Å². The number of fused-ring (bicyclic) bond motifs is 1. The Morgan fingerprint density at radius 2 is 1.85 bits per heavy atom. The number of hydrogen-bond acceptors (Lipinski definition) is 2. The van der Waals surface area contributed by atoms with Crippen molar-refractivity contribution < 1.29 is 4.74 Å². The molecule has 1 aliphatic heterocycles. The maximum atomic E-state index is 6.09. The summed E-state index contributed by atoms with van der Waals surface area (Å²) in [4.78, 5) is 0. The van der Waals surface area contributed by atoms with Gasteiger partial charge in [0.25, 0.3) is 0 Å². The molecule has 1 heterocycles. The average molecular weight is 267 g/mol. The Balaban J connectivity index is 1.84. The van der Waals surface area contributed by atoms with E-state index < -0.39 is 0 Å². The first-order valence-corrected chi connectivity index (χ1v) is 7.17. The molecule has 0 aliphatic carbocycles. The fourth-order valence-electron chi connectivity index (χ4n) is 2.93. The minimum atomic E-state index is 0.0175. The van der Waals surface area contributed by atoms with Gasteiger partial charge in [-0.3, -0.25) is 0 Å². The molecule has 0 fully saturated rings. The predicted molar refractivity (Wildman–Crippen MR) is 82.0 cm³/mol.